The molecule has 0 unspecified atom stereocenters. The van der Waals surface area contributed by atoms with Crippen LogP contribution in [0.1, 0.15) is 21.5 Å². The van der Waals surface area contributed by atoms with Crippen LogP contribution in [0.3, 0.4) is 0 Å². The number of aryl methyl sites for hydroxylation is 2. The van der Waals surface area contributed by atoms with Crippen LogP contribution in [-0.4, -0.2) is 35.1 Å². The lowest BCUT2D eigenvalue weighted by Gasteiger charge is -2.11. The van der Waals surface area contributed by atoms with Crippen molar-refractivity contribution in [2.45, 2.75) is 28.7 Å². The van der Waals surface area contributed by atoms with Crippen LogP contribution in [0, 0.1) is 13.8 Å². The molecule has 7 heteroatoms. The number of amides is 2. The highest BCUT2D eigenvalue weighted by Gasteiger charge is 2.14. The van der Waals surface area contributed by atoms with Gasteiger partial charge >= 0.3 is 0 Å². The van der Waals surface area contributed by atoms with Gasteiger partial charge in [0.2, 0.25) is 0 Å². The predicted molar refractivity (Wildman–Crippen MR) is 124 cm³/mol. The fourth-order valence-corrected chi connectivity index (χ4v) is 4.17. The molecule has 1 aromatic heterocycles. The maximum Gasteiger partial charge on any atom is 0.285 e. The third kappa shape index (κ3) is 5.64. The zero-order valence-electron chi connectivity index (χ0n) is 17.3. The van der Waals surface area contributed by atoms with E-state index in [1.54, 1.807) is 44.6 Å². The van der Waals surface area contributed by atoms with Gasteiger partial charge in [0.1, 0.15) is 5.03 Å². The summed E-state index contributed by atoms with van der Waals surface area (Å²) < 4.78 is 0. The highest BCUT2D eigenvalue weighted by Crippen LogP contribution is 2.30. The van der Waals surface area contributed by atoms with Crippen molar-refractivity contribution < 1.29 is 9.59 Å². The summed E-state index contributed by atoms with van der Waals surface area (Å²) in [4.78, 5) is 32.5. The van der Waals surface area contributed by atoms with E-state index in [1.165, 1.54) is 27.8 Å². The monoisotopic (exact) mass is 437 g/mol. The molecule has 0 aliphatic rings. The minimum absolute atomic E-state index is 0.0462. The molecule has 3 aromatic rings. The number of anilines is 1. The summed E-state index contributed by atoms with van der Waals surface area (Å²) in [5.41, 5.74) is 3.61. The highest BCUT2D eigenvalue weighted by atomic mass is 32.2. The molecular formula is C23H23N3O2S2. The van der Waals surface area contributed by atoms with Gasteiger partial charge in [0.25, 0.3) is 11.1 Å². The maximum atomic E-state index is 12.9. The van der Waals surface area contributed by atoms with Crippen molar-refractivity contribution in [1.29, 1.82) is 0 Å². The zero-order valence-corrected chi connectivity index (χ0v) is 18.9. The van der Waals surface area contributed by atoms with Gasteiger partial charge in [0.15, 0.2) is 0 Å². The van der Waals surface area contributed by atoms with Crippen molar-refractivity contribution in [3.63, 3.8) is 0 Å². The molecule has 0 aliphatic carbocycles. The van der Waals surface area contributed by atoms with E-state index in [-0.39, 0.29) is 11.1 Å². The average molecular weight is 438 g/mol. The van der Waals surface area contributed by atoms with Crippen LogP contribution in [0.5, 0.6) is 0 Å². The van der Waals surface area contributed by atoms with Crippen molar-refractivity contribution in [2.75, 3.05) is 19.4 Å². The van der Waals surface area contributed by atoms with Gasteiger partial charge in [-0.05, 0) is 85.3 Å². The van der Waals surface area contributed by atoms with E-state index in [4.69, 9.17) is 0 Å². The lowest BCUT2D eigenvalue weighted by Crippen LogP contribution is -2.16. The summed E-state index contributed by atoms with van der Waals surface area (Å²) in [5, 5.41) is 3.52. The average Bonchev–Trinajstić information content (AvgIpc) is 2.72. The second-order valence-corrected chi connectivity index (χ2v) is 9.03. The molecule has 3 rings (SSSR count). The number of pyridine rings is 1. The number of carbonyl (C=O) groups is 2. The number of hydrogen-bond donors (Lipinski definition) is 1. The fraction of sp³-hybridized carbons (Fsp3) is 0.174. The van der Waals surface area contributed by atoms with E-state index >= 15 is 0 Å². The fourth-order valence-electron chi connectivity index (χ4n) is 2.53. The Morgan fingerprint density at radius 1 is 0.933 bits per heavy atom. The summed E-state index contributed by atoms with van der Waals surface area (Å²) in [5.74, 6) is -0.223. The third-order valence-electron chi connectivity index (χ3n) is 4.39. The highest BCUT2D eigenvalue weighted by molar-refractivity contribution is 8.13. The number of nitrogens with one attached hydrogen (secondary N) is 1. The largest absolute Gasteiger partial charge is 0.339 e. The van der Waals surface area contributed by atoms with Crippen molar-refractivity contribution in [3.8, 4) is 0 Å². The van der Waals surface area contributed by atoms with Crippen molar-refractivity contribution in [1.82, 2.24) is 9.88 Å². The van der Waals surface area contributed by atoms with Gasteiger partial charge in [-0.3, -0.25) is 9.59 Å². The molecule has 0 aliphatic heterocycles. The van der Waals surface area contributed by atoms with Crippen LogP contribution >= 0.6 is 23.5 Å². The number of aromatic nitrogens is 1. The second kappa shape index (κ2) is 9.82. The lowest BCUT2D eigenvalue weighted by atomic mass is 10.1. The number of benzene rings is 2. The molecule has 0 fully saturated rings. The Morgan fingerprint density at radius 3 is 2.30 bits per heavy atom. The molecule has 0 saturated carbocycles. The molecule has 1 heterocycles. The standard InChI is InChI=1S/C23H23N3O2S2/c1-15-7-10-19(14-16(15)2)29-22-20(6-5-13-24-22)21(27)25-17-8-11-18(12-9-17)30-23(28)26(3)4/h5-14H,1-4H3,(H,25,27). The Labute approximate surface area is 185 Å². The molecule has 0 saturated heterocycles. The van der Waals surface area contributed by atoms with E-state index in [0.717, 1.165) is 21.6 Å². The van der Waals surface area contributed by atoms with Crippen LogP contribution in [0.4, 0.5) is 10.5 Å². The van der Waals surface area contributed by atoms with Crippen LogP contribution < -0.4 is 5.32 Å². The van der Waals surface area contributed by atoms with Gasteiger partial charge in [-0.25, -0.2) is 4.98 Å². The van der Waals surface area contributed by atoms with E-state index in [1.807, 2.05) is 18.2 Å². The molecule has 2 amide bonds. The van der Waals surface area contributed by atoms with Crippen LogP contribution in [0.15, 0.2) is 75.6 Å². The summed E-state index contributed by atoms with van der Waals surface area (Å²) in [6, 6.07) is 16.9. The molecule has 30 heavy (non-hydrogen) atoms. The van der Waals surface area contributed by atoms with Gasteiger partial charge in [-0.15, -0.1) is 0 Å². The smallest absolute Gasteiger partial charge is 0.285 e. The minimum atomic E-state index is -0.223. The van der Waals surface area contributed by atoms with Crippen molar-refractivity contribution in [3.05, 3.63) is 77.5 Å². The summed E-state index contributed by atoms with van der Waals surface area (Å²) in [7, 11) is 3.43. The Morgan fingerprint density at radius 2 is 1.63 bits per heavy atom. The Balaban J connectivity index is 1.73. The summed E-state index contributed by atoms with van der Waals surface area (Å²) in [6.45, 7) is 4.14. The number of hydrogen-bond acceptors (Lipinski definition) is 5. The molecule has 0 spiro atoms. The lowest BCUT2D eigenvalue weighted by molar-refractivity contribution is 0.102. The van der Waals surface area contributed by atoms with Crippen LogP contribution in [0.2, 0.25) is 0 Å². The van der Waals surface area contributed by atoms with Gasteiger partial charge in [-0.2, -0.15) is 0 Å². The quantitative estimate of drug-likeness (QED) is 0.505. The Hall–Kier alpha value is -2.77. The number of thioether (sulfide) groups is 1. The molecule has 5 nitrogen and oxygen atoms in total. The van der Waals surface area contributed by atoms with Crippen molar-refractivity contribution in [2.24, 2.45) is 0 Å². The molecule has 0 atom stereocenters. The number of carbonyl (C=O) groups excluding carboxylic acids is 2. The SMILES string of the molecule is Cc1ccc(Sc2ncccc2C(=O)Nc2ccc(SC(=O)N(C)C)cc2)cc1C. The minimum Gasteiger partial charge on any atom is -0.339 e. The van der Waals surface area contributed by atoms with Gasteiger partial charge in [-0.1, -0.05) is 17.8 Å². The first-order chi connectivity index (χ1) is 14.3. The first-order valence-corrected chi connectivity index (χ1v) is 11.0. The van der Waals surface area contributed by atoms with Crippen LogP contribution in [-0.2, 0) is 0 Å². The Kier molecular flexibility index (Phi) is 7.18. The van der Waals surface area contributed by atoms with Gasteiger partial charge < -0.3 is 10.2 Å². The maximum absolute atomic E-state index is 12.9. The van der Waals surface area contributed by atoms with Gasteiger partial charge in [0, 0.05) is 35.8 Å². The van der Waals surface area contributed by atoms with E-state index in [2.05, 4.69) is 36.3 Å². The van der Waals surface area contributed by atoms with Crippen LogP contribution in [0.25, 0.3) is 0 Å². The first-order valence-electron chi connectivity index (χ1n) is 9.34. The summed E-state index contributed by atoms with van der Waals surface area (Å²) >= 11 is 2.61. The molecule has 1 N–H and O–H groups in total. The normalized spacial score (nSPS) is 10.5. The number of nitrogens with zero attached hydrogens (tertiary/aromatic N) is 2. The second-order valence-electron chi connectivity index (χ2n) is 6.95. The molecule has 2 aromatic carbocycles. The zero-order chi connectivity index (χ0) is 21.7. The topological polar surface area (TPSA) is 62.3 Å². The van der Waals surface area contributed by atoms with Gasteiger partial charge in [0.05, 0.1) is 5.56 Å². The molecule has 0 bridgehead atoms. The third-order valence-corrected chi connectivity index (χ3v) is 6.45. The van der Waals surface area contributed by atoms with E-state index in [0.29, 0.717) is 16.3 Å². The molecule has 154 valence electrons. The number of rotatable bonds is 5. The Bertz CT molecular complexity index is 1070. The van der Waals surface area contributed by atoms with Crippen molar-refractivity contribution >= 4 is 40.4 Å². The van der Waals surface area contributed by atoms with E-state index in [9.17, 15) is 9.59 Å². The van der Waals surface area contributed by atoms with E-state index < -0.39 is 0 Å². The molecular weight excluding hydrogens is 414 g/mol. The summed E-state index contributed by atoms with van der Waals surface area (Å²) in [6.07, 6.45) is 1.69. The molecule has 0 radical (unpaired) electrons. The predicted octanol–water partition coefficient (Wildman–Crippen LogP) is 5.88. The first kappa shape index (κ1) is 21.9.